The monoisotopic (exact) mass is 311 g/mol. The van der Waals surface area contributed by atoms with Crippen LogP contribution in [0.3, 0.4) is 0 Å². The van der Waals surface area contributed by atoms with Crippen molar-refractivity contribution in [3.8, 4) is 0 Å². The van der Waals surface area contributed by atoms with Gasteiger partial charge in [0.15, 0.2) is 5.69 Å². The summed E-state index contributed by atoms with van der Waals surface area (Å²) in [6, 6.07) is 5.25. The first-order chi connectivity index (χ1) is 9.74. The van der Waals surface area contributed by atoms with E-state index in [-0.39, 0.29) is 6.61 Å². The Labute approximate surface area is 125 Å². The van der Waals surface area contributed by atoms with Crippen molar-refractivity contribution in [3.05, 3.63) is 45.2 Å². The van der Waals surface area contributed by atoms with Crippen LogP contribution in [0.15, 0.2) is 28.0 Å². The minimum absolute atomic E-state index is 0.278. The Bertz CT molecular complexity index is 655. The molecule has 7 heteroatoms. The summed E-state index contributed by atoms with van der Waals surface area (Å²) in [6.07, 6.45) is 2.63. The van der Waals surface area contributed by atoms with Gasteiger partial charge in [-0.05, 0) is 36.6 Å². The maximum absolute atomic E-state index is 6.06. The maximum Gasteiger partial charge on any atom is 0.155 e. The zero-order valence-corrected chi connectivity index (χ0v) is 12.0. The fourth-order valence-corrected chi connectivity index (χ4v) is 2.50. The van der Waals surface area contributed by atoms with E-state index in [4.69, 9.17) is 32.7 Å². The summed E-state index contributed by atoms with van der Waals surface area (Å²) < 4.78 is 4.72. The van der Waals surface area contributed by atoms with Crippen molar-refractivity contribution in [2.45, 2.75) is 25.9 Å². The molecule has 0 fully saturated rings. The Morgan fingerprint density at radius 2 is 2.15 bits per heavy atom. The Hall–Kier alpha value is -1.59. The van der Waals surface area contributed by atoms with Gasteiger partial charge in [-0.15, -0.1) is 0 Å². The Morgan fingerprint density at radius 3 is 3.00 bits per heavy atom. The Kier molecular flexibility index (Phi) is 3.89. The first-order valence-electron chi connectivity index (χ1n) is 6.18. The van der Waals surface area contributed by atoms with Crippen molar-refractivity contribution >= 4 is 28.9 Å². The molecule has 0 N–H and O–H groups in total. The van der Waals surface area contributed by atoms with Crippen molar-refractivity contribution in [1.82, 2.24) is 10.3 Å². The molecule has 0 unspecified atom stereocenters. The van der Waals surface area contributed by atoms with Crippen LogP contribution in [0.25, 0.3) is 0 Å². The Morgan fingerprint density at radius 1 is 1.25 bits per heavy atom. The van der Waals surface area contributed by atoms with Crippen LogP contribution >= 0.6 is 23.2 Å². The summed E-state index contributed by atoms with van der Waals surface area (Å²) in [7, 11) is 0. The molecule has 1 aromatic heterocycles. The third kappa shape index (κ3) is 2.78. The molecule has 0 aliphatic heterocycles. The smallest absolute Gasteiger partial charge is 0.155 e. The number of benzene rings is 1. The molecule has 0 bridgehead atoms. The standard InChI is InChI=1S/C13H11Cl2N3O2/c14-9-5-4-8(10(15)6-9)7-19-16-11-2-1-3-12-13(11)18-20-17-12/h4-6H,1-3,7H2/b16-11-. The Balaban J connectivity index is 1.70. The van der Waals surface area contributed by atoms with Gasteiger partial charge < -0.3 is 4.84 Å². The van der Waals surface area contributed by atoms with Crippen molar-refractivity contribution in [2.24, 2.45) is 5.16 Å². The number of hydrogen-bond donors (Lipinski definition) is 0. The third-order valence-electron chi connectivity index (χ3n) is 3.07. The number of aromatic nitrogens is 2. The average Bonchev–Trinajstić information content (AvgIpc) is 2.90. The van der Waals surface area contributed by atoms with Crippen LogP contribution in [0.2, 0.25) is 10.0 Å². The number of rotatable bonds is 3. The molecule has 5 nitrogen and oxygen atoms in total. The van der Waals surface area contributed by atoms with E-state index >= 15 is 0 Å². The minimum Gasteiger partial charge on any atom is -0.391 e. The summed E-state index contributed by atoms with van der Waals surface area (Å²) in [6.45, 7) is 0.278. The predicted octanol–water partition coefficient (Wildman–Crippen LogP) is 3.63. The summed E-state index contributed by atoms with van der Waals surface area (Å²) >= 11 is 11.9. The number of hydrogen-bond acceptors (Lipinski definition) is 5. The zero-order valence-electron chi connectivity index (χ0n) is 10.5. The number of nitrogens with zero attached hydrogens (tertiary/aromatic N) is 3. The lowest BCUT2D eigenvalue weighted by Gasteiger charge is -2.09. The molecular formula is C13H11Cl2N3O2. The summed E-state index contributed by atoms with van der Waals surface area (Å²) in [5.74, 6) is 0. The molecule has 0 saturated carbocycles. The minimum atomic E-state index is 0.278. The number of aryl methyl sites for hydroxylation is 1. The van der Waals surface area contributed by atoms with Gasteiger partial charge in [0.25, 0.3) is 0 Å². The first kappa shape index (κ1) is 13.4. The van der Waals surface area contributed by atoms with Gasteiger partial charge in [-0.25, -0.2) is 4.63 Å². The summed E-state index contributed by atoms with van der Waals surface area (Å²) in [5.41, 5.74) is 3.12. The van der Waals surface area contributed by atoms with Crippen molar-refractivity contribution < 1.29 is 9.47 Å². The summed E-state index contributed by atoms with van der Waals surface area (Å²) in [4.78, 5) is 5.36. The van der Waals surface area contributed by atoms with Crippen molar-refractivity contribution in [3.63, 3.8) is 0 Å². The highest BCUT2D eigenvalue weighted by atomic mass is 35.5. The third-order valence-corrected chi connectivity index (χ3v) is 3.65. The molecule has 2 aromatic rings. The molecular weight excluding hydrogens is 301 g/mol. The van der Waals surface area contributed by atoms with Gasteiger partial charge in [0.05, 0.1) is 0 Å². The molecule has 1 aliphatic carbocycles. The van der Waals surface area contributed by atoms with Crippen LogP contribution in [0.1, 0.15) is 29.8 Å². The van der Waals surface area contributed by atoms with Crippen LogP contribution in [-0.4, -0.2) is 16.0 Å². The van der Waals surface area contributed by atoms with E-state index in [0.29, 0.717) is 15.7 Å². The number of oxime groups is 1. The highest BCUT2D eigenvalue weighted by molar-refractivity contribution is 6.35. The van der Waals surface area contributed by atoms with E-state index in [2.05, 4.69) is 15.5 Å². The molecule has 104 valence electrons. The average molecular weight is 312 g/mol. The zero-order chi connectivity index (χ0) is 13.9. The van der Waals surface area contributed by atoms with E-state index in [0.717, 1.165) is 36.2 Å². The topological polar surface area (TPSA) is 60.5 Å². The lowest BCUT2D eigenvalue weighted by atomic mass is 9.99. The largest absolute Gasteiger partial charge is 0.391 e. The predicted molar refractivity (Wildman–Crippen MR) is 75.0 cm³/mol. The van der Waals surface area contributed by atoms with Gasteiger partial charge >= 0.3 is 0 Å². The molecule has 0 radical (unpaired) electrons. The second kappa shape index (κ2) is 5.81. The van der Waals surface area contributed by atoms with Crippen molar-refractivity contribution in [2.75, 3.05) is 0 Å². The molecule has 20 heavy (non-hydrogen) atoms. The second-order valence-corrected chi connectivity index (χ2v) is 5.30. The molecule has 0 amide bonds. The van der Waals surface area contributed by atoms with Crippen LogP contribution in [-0.2, 0) is 17.9 Å². The van der Waals surface area contributed by atoms with Gasteiger partial charge in [-0.2, -0.15) is 0 Å². The molecule has 0 saturated heterocycles. The summed E-state index contributed by atoms with van der Waals surface area (Å²) in [5, 5.41) is 13.0. The highest BCUT2D eigenvalue weighted by Gasteiger charge is 2.21. The van der Waals surface area contributed by atoms with E-state index in [9.17, 15) is 0 Å². The normalized spacial score (nSPS) is 16.2. The van der Waals surface area contributed by atoms with Gasteiger partial charge in [-0.3, -0.25) is 0 Å². The van der Waals surface area contributed by atoms with Crippen LogP contribution < -0.4 is 0 Å². The van der Waals surface area contributed by atoms with Gasteiger partial charge in [0.1, 0.15) is 18.0 Å². The van der Waals surface area contributed by atoms with E-state index in [1.54, 1.807) is 12.1 Å². The second-order valence-electron chi connectivity index (χ2n) is 4.46. The molecule has 0 atom stereocenters. The van der Waals surface area contributed by atoms with E-state index in [1.807, 2.05) is 6.07 Å². The molecule has 0 spiro atoms. The highest BCUT2D eigenvalue weighted by Crippen LogP contribution is 2.22. The molecule has 3 rings (SSSR count). The molecule has 1 aromatic carbocycles. The lowest BCUT2D eigenvalue weighted by molar-refractivity contribution is 0.130. The first-order valence-corrected chi connectivity index (χ1v) is 6.94. The quantitative estimate of drug-likeness (QED) is 0.812. The molecule has 1 heterocycles. The van der Waals surface area contributed by atoms with Crippen LogP contribution in [0.5, 0.6) is 0 Å². The van der Waals surface area contributed by atoms with Gasteiger partial charge in [-0.1, -0.05) is 39.6 Å². The maximum atomic E-state index is 6.06. The fraction of sp³-hybridized carbons (Fsp3) is 0.308. The van der Waals surface area contributed by atoms with Crippen LogP contribution in [0.4, 0.5) is 0 Å². The van der Waals surface area contributed by atoms with Gasteiger partial charge in [0.2, 0.25) is 0 Å². The SMILES string of the molecule is Clc1ccc(CO/N=C2/CCCc3nonc32)c(Cl)c1. The number of halogens is 2. The fourth-order valence-electron chi connectivity index (χ4n) is 2.04. The number of fused-ring (bicyclic) bond motifs is 1. The lowest BCUT2D eigenvalue weighted by Crippen LogP contribution is -2.12. The molecule has 1 aliphatic rings. The van der Waals surface area contributed by atoms with Crippen LogP contribution in [0, 0.1) is 0 Å². The van der Waals surface area contributed by atoms with Crippen molar-refractivity contribution in [1.29, 1.82) is 0 Å². The van der Waals surface area contributed by atoms with E-state index < -0.39 is 0 Å². The van der Waals surface area contributed by atoms with Gasteiger partial charge in [0, 0.05) is 15.6 Å². The van der Waals surface area contributed by atoms with E-state index in [1.165, 1.54) is 0 Å².